The van der Waals surface area contributed by atoms with Gasteiger partial charge in [0.05, 0.1) is 11.7 Å². The maximum Gasteiger partial charge on any atom is 0.252 e. The summed E-state index contributed by atoms with van der Waals surface area (Å²) in [5, 5.41) is 0.579. The Bertz CT molecular complexity index is 793. The van der Waals surface area contributed by atoms with Gasteiger partial charge in [0, 0.05) is 6.20 Å². The van der Waals surface area contributed by atoms with E-state index in [0.29, 0.717) is 5.52 Å². The van der Waals surface area contributed by atoms with E-state index in [1.165, 1.54) is 10.6 Å². The number of hydrogen-bond acceptors (Lipinski definition) is 5. The average molecular weight is 279 g/mol. The summed E-state index contributed by atoms with van der Waals surface area (Å²) < 4.78 is 25.5. The van der Waals surface area contributed by atoms with Gasteiger partial charge < -0.3 is 4.40 Å². The maximum absolute atomic E-state index is 12.0. The van der Waals surface area contributed by atoms with E-state index in [0.717, 1.165) is 0 Å². The van der Waals surface area contributed by atoms with Crippen LogP contribution in [0.15, 0.2) is 30.6 Å². The summed E-state index contributed by atoms with van der Waals surface area (Å²) in [5.41, 5.74) is 0.678. The van der Waals surface area contributed by atoms with Crippen molar-refractivity contribution in [3.63, 3.8) is 0 Å². The highest BCUT2D eigenvalue weighted by Gasteiger charge is 2.43. The average Bonchev–Trinajstić information content (AvgIpc) is 2.71. The first-order valence-corrected chi connectivity index (χ1v) is 7.18. The van der Waals surface area contributed by atoms with Crippen molar-refractivity contribution >= 4 is 27.2 Å². The van der Waals surface area contributed by atoms with Crippen LogP contribution in [0.2, 0.25) is 0 Å². The molecule has 0 aliphatic carbocycles. The van der Waals surface area contributed by atoms with E-state index in [-0.39, 0.29) is 5.82 Å². The Labute approximate surface area is 108 Å². The fraction of sp³-hybridized carbons (Fsp3) is 0.182. The van der Waals surface area contributed by atoms with E-state index in [2.05, 4.69) is 4.98 Å². The number of carbonyl (C=O) groups is 2. The molecule has 1 aliphatic rings. The number of sulfone groups is 1. The summed E-state index contributed by atoms with van der Waals surface area (Å²) in [6.45, 7) is 0. The lowest BCUT2D eigenvalue weighted by molar-refractivity contribution is -0.129. The van der Waals surface area contributed by atoms with Crippen LogP contribution in [0.4, 0.5) is 0 Å². The van der Waals surface area contributed by atoms with Gasteiger partial charge in [0.25, 0.3) is 5.91 Å². The van der Waals surface area contributed by atoms with Crippen LogP contribution in [0.5, 0.6) is 0 Å². The van der Waals surface area contributed by atoms with Gasteiger partial charge in [-0.25, -0.2) is 13.4 Å². The van der Waals surface area contributed by atoms with Crippen LogP contribution in [0, 0.1) is 0 Å². The predicted molar refractivity (Wildman–Crippen MR) is 64.9 cm³/mol. The molecule has 7 nitrogen and oxygen atoms in total. The fourth-order valence-corrected chi connectivity index (χ4v) is 3.59. The van der Waals surface area contributed by atoms with Gasteiger partial charge in [0.2, 0.25) is 5.91 Å². The number of carbonyl (C=O) groups excluding carboxylic acids is 2. The molecule has 0 radical (unpaired) electrons. The smallest absolute Gasteiger partial charge is 0.252 e. The third kappa shape index (κ3) is 1.80. The van der Waals surface area contributed by atoms with Crippen LogP contribution in [-0.2, 0) is 19.4 Å². The maximum atomic E-state index is 12.0. The van der Waals surface area contributed by atoms with Crippen molar-refractivity contribution in [3.05, 3.63) is 36.4 Å². The minimum atomic E-state index is -3.88. The van der Waals surface area contributed by atoms with Crippen LogP contribution < -0.4 is 5.32 Å². The molecule has 1 N–H and O–H groups in total. The molecule has 19 heavy (non-hydrogen) atoms. The van der Waals surface area contributed by atoms with Gasteiger partial charge in [-0.1, -0.05) is 6.07 Å². The molecule has 1 aliphatic heterocycles. The van der Waals surface area contributed by atoms with Crippen molar-refractivity contribution in [2.45, 2.75) is 5.25 Å². The normalized spacial score (nSPS) is 22.4. The van der Waals surface area contributed by atoms with Crippen molar-refractivity contribution in [1.29, 1.82) is 0 Å². The number of pyridine rings is 1. The largest absolute Gasteiger partial charge is 0.302 e. The van der Waals surface area contributed by atoms with E-state index < -0.39 is 32.7 Å². The van der Waals surface area contributed by atoms with E-state index in [1.807, 2.05) is 5.32 Å². The SMILES string of the molecule is O=C1CS(=O)(=O)C(c2ncc3ccccn23)C(=O)N1. The van der Waals surface area contributed by atoms with Crippen LogP contribution in [0.3, 0.4) is 0 Å². The van der Waals surface area contributed by atoms with Crippen LogP contribution in [0.1, 0.15) is 11.1 Å². The molecule has 0 saturated carbocycles. The van der Waals surface area contributed by atoms with Gasteiger partial charge in [0.1, 0.15) is 11.6 Å². The first-order chi connectivity index (χ1) is 8.99. The summed E-state index contributed by atoms with van der Waals surface area (Å²) in [4.78, 5) is 26.9. The fourth-order valence-electron chi connectivity index (χ4n) is 2.10. The van der Waals surface area contributed by atoms with Crippen molar-refractivity contribution in [1.82, 2.24) is 14.7 Å². The lowest BCUT2D eigenvalue weighted by atomic mass is 10.3. The standard InChI is InChI=1S/C11H9N3O4S/c15-8-6-19(17,18)9(11(16)13-8)10-12-5-7-3-1-2-4-14(7)10/h1-5,9H,6H2,(H,13,15,16). The number of imidazole rings is 1. The van der Waals surface area contributed by atoms with E-state index in [4.69, 9.17) is 0 Å². The van der Waals surface area contributed by atoms with Crippen molar-refractivity contribution in [2.75, 3.05) is 5.75 Å². The van der Waals surface area contributed by atoms with Crippen LogP contribution in [-0.4, -0.2) is 35.4 Å². The lowest BCUT2D eigenvalue weighted by Crippen LogP contribution is -2.48. The molecule has 3 rings (SSSR count). The number of amides is 2. The van der Waals surface area contributed by atoms with E-state index in [9.17, 15) is 18.0 Å². The lowest BCUT2D eigenvalue weighted by Gasteiger charge is -2.20. The van der Waals surface area contributed by atoms with Gasteiger partial charge in [0.15, 0.2) is 15.1 Å². The molecule has 2 amide bonds. The number of rotatable bonds is 1. The molecule has 2 aromatic rings. The zero-order valence-corrected chi connectivity index (χ0v) is 10.4. The number of nitrogens with one attached hydrogen (secondary N) is 1. The molecule has 1 saturated heterocycles. The molecule has 3 heterocycles. The Morgan fingerprint density at radius 2 is 2.11 bits per heavy atom. The minimum absolute atomic E-state index is 0.0978. The number of fused-ring (bicyclic) bond motifs is 1. The molecule has 0 bridgehead atoms. The zero-order valence-electron chi connectivity index (χ0n) is 9.61. The molecule has 0 spiro atoms. The molecule has 0 aromatic carbocycles. The van der Waals surface area contributed by atoms with Crippen LogP contribution >= 0.6 is 0 Å². The molecule has 2 aromatic heterocycles. The van der Waals surface area contributed by atoms with E-state index in [1.54, 1.807) is 24.4 Å². The molecule has 1 unspecified atom stereocenters. The first-order valence-electron chi connectivity index (χ1n) is 5.46. The zero-order chi connectivity index (χ0) is 13.6. The highest BCUT2D eigenvalue weighted by molar-refractivity contribution is 7.93. The Morgan fingerprint density at radius 1 is 1.32 bits per heavy atom. The second-order valence-corrected chi connectivity index (χ2v) is 6.30. The molecular weight excluding hydrogens is 270 g/mol. The summed E-state index contributed by atoms with van der Waals surface area (Å²) in [7, 11) is -3.88. The Balaban J connectivity index is 2.20. The Morgan fingerprint density at radius 3 is 2.84 bits per heavy atom. The number of aromatic nitrogens is 2. The Kier molecular flexibility index (Phi) is 2.42. The monoisotopic (exact) mass is 279 g/mol. The number of hydrogen-bond donors (Lipinski definition) is 1. The second-order valence-electron chi connectivity index (χ2n) is 4.21. The minimum Gasteiger partial charge on any atom is -0.302 e. The van der Waals surface area contributed by atoms with Gasteiger partial charge in [-0.15, -0.1) is 0 Å². The predicted octanol–water partition coefficient (Wildman–Crippen LogP) is -0.553. The topological polar surface area (TPSA) is 97.6 Å². The molecule has 1 atom stereocenters. The third-order valence-corrected chi connectivity index (χ3v) is 4.70. The van der Waals surface area contributed by atoms with Crippen LogP contribution in [0.25, 0.3) is 5.52 Å². The Hall–Kier alpha value is -2.22. The molecule has 8 heteroatoms. The molecular formula is C11H9N3O4S. The molecule has 98 valence electrons. The summed E-state index contributed by atoms with van der Waals surface area (Å²) >= 11 is 0. The second kappa shape index (κ2) is 3.89. The number of imide groups is 1. The highest BCUT2D eigenvalue weighted by atomic mass is 32.2. The van der Waals surface area contributed by atoms with Gasteiger partial charge in [-0.2, -0.15) is 0 Å². The van der Waals surface area contributed by atoms with Gasteiger partial charge in [-0.05, 0) is 12.1 Å². The van der Waals surface area contributed by atoms with Crippen molar-refractivity contribution < 1.29 is 18.0 Å². The third-order valence-electron chi connectivity index (χ3n) is 2.89. The summed E-state index contributed by atoms with van der Waals surface area (Å²) in [6, 6.07) is 5.23. The van der Waals surface area contributed by atoms with Crippen molar-refractivity contribution in [3.8, 4) is 0 Å². The van der Waals surface area contributed by atoms with E-state index >= 15 is 0 Å². The highest BCUT2D eigenvalue weighted by Crippen LogP contribution is 2.25. The summed E-state index contributed by atoms with van der Waals surface area (Å²) in [6.07, 6.45) is 3.10. The van der Waals surface area contributed by atoms with Gasteiger partial charge in [-0.3, -0.25) is 14.9 Å². The quantitative estimate of drug-likeness (QED) is 0.706. The van der Waals surface area contributed by atoms with Crippen molar-refractivity contribution in [2.24, 2.45) is 0 Å². The number of nitrogens with zero attached hydrogens (tertiary/aromatic N) is 2. The first kappa shape index (κ1) is 11.8. The van der Waals surface area contributed by atoms with Gasteiger partial charge >= 0.3 is 0 Å². The summed E-state index contributed by atoms with van der Waals surface area (Å²) in [5.74, 6) is -2.26. The molecule has 1 fully saturated rings.